The van der Waals surface area contributed by atoms with Gasteiger partial charge in [0, 0.05) is 24.0 Å². The molecule has 0 saturated carbocycles. The predicted molar refractivity (Wildman–Crippen MR) is 88.8 cm³/mol. The van der Waals surface area contributed by atoms with E-state index in [-0.39, 0.29) is 16.7 Å². The molecule has 6 heteroatoms. The van der Waals surface area contributed by atoms with Crippen LogP contribution in [0, 0.1) is 10.1 Å². The number of ether oxygens (including phenoxy) is 1. The monoisotopic (exact) mass is 362 g/mol. The summed E-state index contributed by atoms with van der Waals surface area (Å²) >= 11 is 3.45. The summed E-state index contributed by atoms with van der Waals surface area (Å²) in [7, 11) is 0. The van der Waals surface area contributed by atoms with Crippen LogP contribution in [0.1, 0.15) is 5.56 Å². The van der Waals surface area contributed by atoms with Gasteiger partial charge in [0.05, 0.1) is 17.2 Å². The summed E-state index contributed by atoms with van der Waals surface area (Å²) in [5.41, 5.74) is 2.02. The summed E-state index contributed by atoms with van der Waals surface area (Å²) in [4.78, 5) is 12.8. The number of alkyl halides is 1. The van der Waals surface area contributed by atoms with Gasteiger partial charge in [0.25, 0.3) is 5.69 Å². The van der Waals surface area contributed by atoms with Crippen LogP contribution in [0.3, 0.4) is 0 Å². The minimum absolute atomic E-state index is 0.0256. The van der Waals surface area contributed by atoms with Crippen LogP contribution in [-0.2, 0) is 6.54 Å². The molecule has 0 aliphatic carbocycles. The first-order valence-electron chi connectivity index (χ1n) is 6.97. The molecule has 0 amide bonds. The third-order valence-corrected chi connectivity index (χ3v) is 4.32. The molecule has 1 aliphatic rings. The van der Waals surface area contributed by atoms with E-state index in [0.29, 0.717) is 24.2 Å². The summed E-state index contributed by atoms with van der Waals surface area (Å²) in [6, 6.07) is 14.8. The zero-order chi connectivity index (χ0) is 15.5. The normalized spacial score (nSPS) is 16.8. The van der Waals surface area contributed by atoms with E-state index in [1.54, 1.807) is 12.1 Å². The molecule has 0 N–H and O–H groups in total. The van der Waals surface area contributed by atoms with Crippen molar-refractivity contribution in [1.29, 1.82) is 0 Å². The lowest BCUT2D eigenvalue weighted by molar-refractivity contribution is -0.384. The molecule has 0 aromatic heterocycles. The third kappa shape index (κ3) is 3.06. The lowest BCUT2D eigenvalue weighted by Crippen LogP contribution is -2.40. The zero-order valence-corrected chi connectivity index (χ0v) is 13.4. The highest BCUT2D eigenvalue weighted by molar-refractivity contribution is 9.09. The number of halogens is 1. The summed E-state index contributed by atoms with van der Waals surface area (Å²) in [6.07, 6.45) is 0.0256. The molecule has 0 saturated heterocycles. The van der Waals surface area contributed by atoms with Gasteiger partial charge in [-0.1, -0.05) is 46.3 Å². The van der Waals surface area contributed by atoms with E-state index in [4.69, 9.17) is 4.74 Å². The summed E-state index contributed by atoms with van der Waals surface area (Å²) in [6.45, 7) is 1.39. The average Bonchev–Trinajstić information content (AvgIpc) is 2.55. The van der Waals surface area contributed by atoms with Gasteiger partial charge in [0.1, 0.15) is 11.9 Å². The lowest BCUT2D eigenvalue weighted by atomic mass is 10.1. The maximum absolute atomic E-state index is 11.0. The highest BCUT2D eigenvalue weighted by Gasteiger charge is 2.27. The lowest BCUT2D eigenvalue weighted by Gasteiger charge is -2.35. The van der Waals surface area contributed by atoms with Crippen LogP contribution in [0.15, 0.2) is 48.5 Å². The Morgan fingerprint density at radius 3 is 2.73 bits per heavy atom. The van der Waals surface area contributed by atoms with Crippen molar-refractivity contribution < 1.29 is 9.66 Å². The molecule has 1 atom stereocenters. The highest BCUT2D eigenvalue weighted by Crippen LogP contribution is 2.37. The fourth-order valence-electron chi connectivity index (χ4n) is 2.56. The molecule has 0 fully saturated rings. The van der Waals surface area contributed by atoms with Gasteiger partial charge in [-0.05, 0) is 11.6 Å². The standard InChI is InChI=1S/C16H15BrN2O3/c17-9-14-11-18(10-12-4-2-1-3-5-12)15-8-13(19(20)21)6-7-16(15)22-14/h1-8,14H,9-11H2/t14-/m0/s1. The number of non-ortho nitro benzene ring substituents is 1. The number of anilines is 1. The van der Waals surface area contributed by atoms with Crippen LogP contribution in [-0.4, -0.2) is 22.9 Å². The van der Waals surface area contributed by atoms with Gasteiger partial charge in [-0.25, -0.2) is 0 Å². The molecule has 2 aromatic carbocycles. The molecule has 0 unspecified atom stereocenters. The Morgan fingerprint density at radius 1 is 1.27 bits per heavy atom. The summed E-state index contributed by atoms with van der Waals surface area (Å²) < 4.78 is 5.87. The van der Waals surface area contributed by atoms with Gasteiger partial charge in [0.2, 0.25) is 0 Å². The minimum atomic E-state index is -0.377. The quantitative estimate of drug-likeness (QED) is 0.472. The second-order valence-corrected chi connectivity index (χ2v) is 5.82. The maximum atomic E-state index is 11.0. The van der Waals surface area contributed by atoms with Gasteiger partial charge in [-0.2, -0.15) is 0 Å². The van der Waals surface area contributed by atoms with Crippen molar-refractivity contribution in [2.24, 2.45) is 0 Å². The second kappa shape index (κ2) is 6.36. The topological polar surface area (TPSA) is 55.6 Å². The van der Waals surface area contributed by atoms with E-state index in [2.05, 4.69) is 33.0 Å². The Labute approximate surface area is 136 Å². The van der Waals surface area contributed by atoms with E-state index < -0.39 is 0 Å². The van der Waals surface area contributed by atoms with Crippen molar-refractivity contribution in [3.63, 3.8) is 0 Å². The largest absolute Gasteiger partial charge is 0.486 e. The van der Waals surface area contributed by atoms with Crippen molar-refractivity contribution in [1.82, 2.24) is 0 Å². The van der Waals surface area contributed by atoms with Crippen molar-refractivity contribution in [2.75, 3.05) is 16.8 Å². The smallest absolute Gasteiger partial charge is 0.271 e. The van der Waals surface area contributed by atoms with Gasteiger partial charge in [-0.15, -0.1) is 0 Å². The fraction of sp³-hybridized carbons (Fsp3) is 0.250. The van der Waals surface area contributed by atoms with E-state index in [0.717, 1.165) is 11.3 Å². The molecule has 1 aliphatic heterocycles. The second-order valence-electron chi connectivity index (χ2n) is 5.17. The molecule has 0 bridgehead atoms. The van der Waals surface area contributed by atoms with Crippen molar-refractivity contribution in [3.05, 3.63) is 64.2 Å². The van der Waals surface area contributed by atoms with Crippen LogP contribution >= 0.6 is 15.9 Å². The van der Waals surface area contributed by atoms with E-state index >= 15 is 0 Å². The Balaban J connectivity index is 1.95. The van der Waals surface area contributed by atoms with Crippen LogP contribution in [0.25, 0.3) is 0 Å². The molecule has 5 nitrogen and oxygen atoms in total. The molecule has 0 spiro atoms. The number of fused-ring (bicyclic) bond motifs is 1. The fourth-order valence-corrected chi connectivity index (χ4v) is 2.90. The number of rotatable bonds is 4. The van der Waals surface area contributed by atoms with Crippen LogP contribution in [0.2, 0.25) is 0 Å². The van der Waals surface area contributed by atoms with Gasteiger partial charge >= 0.3 is 0 Å². The first-order chi connectivity index (χ1) is 10.7. The average molecular weight is 363 g/mol. The Morgan fingerprint density at radius 2 is 2.05 bits per heavy atom. The maximum Gasteiger partial charge on any atom is 0.271 e. The molecule has 22 heavy (non-hydrogen) atoms. The van der Waals surface area contributed by atoms with Crippen LogP contribution < -0.4 is 9.64 Å². The Hall–Kier alpha value is -2.08. The molecule has 1 heterocycles. The number of nitro groups is 1. The summed E-state index contributed by atoms with van der Waals surface area (Å²) in [5.74, 6) is 0.692. The summed E-state index contributed by atoms with van der Waals surface area (Å²) in [5, 5.41) is 11.7. The van der Waals surface area contributed by atoms with Crippen molar-refractivity contribution >= 4 is 27.3 Å². The number of hydrogen-bond acceptors (Lipinski definition) is 4. The minimum Gasteiger partial charge on any atom is -0.486 e. The third-order valence-electron chi connectivity index (χ3n) is 3.60. The molecule has 3 rings (SSSR count). The van der Waals surface area contributed by atoms with E-state index in [9.17, 15) is 10.1 Å². The molecular formula is C16H15BrN2O3. The van der Waals surface area contributed by atoms with Crippen molar-refractivity contribution in [3.8, 4) is 5.75 Å². The number of hydrogen-bond donors (Lipinski definition) is 0. The SMILES string of the molecule is O=[N+]([O-])c1ccc2c(c1)N(Cc1ccccc1)C[C@H](CBr)O2. The number of nitro benzene ring substituents is 1. The van der Waals surface area contributed by atoms with Gasteiger partial charge in [0.15, 0.2) is 0 Å². The molecule has 114 valence electrons. The Kier molecular flexibility index (Phi) is 4.29. The van der Waals surface area contributed by atoms with E-state index in [1.807, 2.05) is 18.2 Å². The zero-order valence-electron chi connectivity index (χ0n) is 11.8. The highest BCUT2D eigenvalue weighted by atomic mass is 79.9. The molecule has 0 radical (unpaired) electrons. The Bertz CT molecular complexity index is 678. The first-order valence-corrected chi connectivity index (χ1v) is 8.09. The van der Waals surface area contributed by atoms with Crippen LogP contribution in [0.5, 0.6) is 5.75 Å². The first kappa shape index (κ1) is 14.8. The predicted octanol–water partition coefficient (Wildman–Crippen LogP) is 3.76. The van der Waals surface area contributed by atoms with Gasteiger partial charge < -0.3 is 9.64 Å². The van der Waals surface area contributed by atoms with Crippen LogP contribution in [0.4, 0.5) is 11.4 Å². The van der Waals surface area contributed by atoms with Crippen molar-refractivity contribution in [2.45, 2.75) is 12.6 Å². The molecule has 2 aromatic rings. The molecular weight excluding hydrogens is 348 g/mol. The number of benzene rings is 2. The number of nitrogens with zero attached hydrogens (tertiary/aromatic N) is 2. The van der Waals surface area contributed by atoms with E-state index in [1.165, 1.54) is 6.07 Å². The van der Waals surface area contributed by atoms with Gasteiger partial charge in [-0.3, -0.25) is 10.1 Å².